The van der Waals surface area contributed by atoms with Crippen molar-refractivity contribution in [3.63, 3.8) is 0 Å². The van der Waals surface area contributed by atoms with Gasteiger partial charge in [0.05, 0.1) is 0 Å². The van der Waals surface area contributed by atoms with Gasteiger partial charge in [-0.3, -0.25) is 0 Å². The van der Waals surface area contributed by atoms with Crippen LogP contribution < -0.4 is 10.5 Å². The number of hydrogen-bond donors (Lipinski definition) is 1. The maximum absolute atomic E-state index is 5.62. The van der Waals surface area contributed by atoms with Gasteiger partial charge in [0, 0.05) is 13.6 Å². The molecule has 90 valence electrons. The van der Waals surface area contributed by atoms with Crippen LogP contribution in [0.3, 0.4) is 0 Å². The Balaban J connectivity index is 2.00. The summed E-state index contributed by atoms with van der Waals surface area (Å²) in [4.78, 5) is 0. The van der Waals surface area contributed by atoms with Crippen molar-refractivity contribution in [2.24, 2.45) is 12.8 Å². The van der Waals surface area contributed by atoms with Crippen LogP contribution in [0.2, 0.25) is 0 Å². The third kappa shape index (κ3) is 2.62. The molecule has 0 unspecified atom stereocenters. The Morgan fingerprint density at radius 3 is 2.47 bits per heavy atom. The number of aryl methyl sites for hydroxylation is 1. The van der Waals surface area contributed by atoms with Gasteiger partial charge >= 0.3 is 0 Å². The van der Waals surface area contributed by atoms with E-state index < -0.39 is 0 Å². The van der Waals surface area contributed by atoms with Gasteiger partial charge in [0.2, 0.25) is 0 Å². The van der Waals surface area contributed by atoms with Crippen molar-refractivity contribution in [2.75, 3.05) is 0 Å². The molecule has 17 heavy (non-hydrogen) atoms. The second-order valence-corrected chi connectivity index (χ2v) is 3.86. The number of hydrogen-bond acceptors (Lipinski definition) is 4. The minimum atomic E-state index is 0.416. The summed E-state index contributed by atoms with van der Waals surface area (Å²) in [6.45, 7) is 2.87. The first-order valence-electron chi connectivity index (χ1n) is 5.47. The maximum atomic E-state index is 5.62. The van der Waals surface area contributed by atoms with E-state index in [9.17, 15) is 0 Å². The zero-order valence-electron chi connectivity index (χ0n) is 10.1. The van der Waals surface area contributed by atoms with Crippen LogP contribution >= 0.6 is 0 Å². The van der Waals surface area contributed by atoms with Crippen LogP contribution in [0.25, 0.3) is 0 Å². The molecule has 5 heteroatoms. The number of rotatable bonds is 4. The maximum Gasteiger partial charge on any atom is 0.170 e. The van der Waals surface area contributed by atoms with Gasteiger partial charge in [-0.2, -0.15) is 0 Å². The molecule has 1 aromatic heterocycles. The van der Waals surface area contributed by atoms with Crippen LogP contribution in [0.4, 0.5) is 0 Å². The predicted octanol–water partition coefficient (Wildman–Crippen LogP) is 1.16. The zero-order chi connectivity index (χ0) is 12.3. The molecule has 2 N–H and O–H groups in total. The van der Waals surface area contributed by atoms with Crippen molar-refractivity contribution in [1.29, 1.82) is 0 Å². The van der Waals surface area contributed by atoms with Gasteiger partial charge in [-0.15, -0.1) is 10.2 Å². The van der Waals surface area contributed by atoms with E-state index in [1.807, 2.05) is 42.8 Å². The molecule has 1 heterocycles. The second kappa shape index (κ2) is 4.97. The molecule has 0 spiro atoms. The van der Waals surface area contributed by atoms with Gasteiger partial charge < -0.3 is 15.0 Å². The highest BCUT2D eigenvalue weighted by atomic mass is 16.5. The SMILES string of the molecule is Cc1nnc(COc2ccc(CN)cc2)n1C. The quantitative estimate of drug-likeness (QED) is 0.859. The first kappa shape index (κ1) is 11.6. The minimum absolute atomic E-state index is 0.416. The summed E-state index contributed by atoms with van der Waals surface area (Å²) in [7, 11) is 1.92. The normalized spacial score (nSPS) is 10.5. The molecule has 1 aromatic carbocycles. The van der Waals surface area contributed by atoms with Crippen LogP contribution in [0.1, 0.15) is 17.2 Å². The molecule has 0 aliphatic heterocycles. The van der Waals surface area contributed by atoms with Gasteiger partial charge in [0.25, 0.3) is 0 Å². The number of benzene rings is 1. The molecule has 0 amide bonds. The van der Waals surface area contributed by atoms with E-state index in [-0.39, 0.29) is 0 Å². The Morgan fingerprint density at radius 2 is 1.94 bits per heavy atom. The molecule has 0 aliphatic rings. The first-order chi connectivity index (χ1) is 8.20. The molecule has 0 fully saturated rings. The van der Waals surface area contributed by atoms with Crippen LogP contribution in [0.5, 0.6) is 5.75 Å². The van der Waals surface area contributed by atoms with E-state index in [2.05, 4.69) is 10.2 Å². The highest BCUT2D eigenvalue weighted by Gasteiger charge is 2.05. The minimum Gasteiger partial charge on any atom is -0.486 e. The molecule has 0 aliphatic carbocycles. The molecule has 5 nitrogen and oxygen atoms in total. The summed E-state index contributed by atoms with van der Waals surface area (Å²) in [5.41, 5.74) is 6.61. The fourth-order valence-electron chi connectivity index (χ4n) is 1.45. The Hall–Kier alpha value is -1.88. The lowest BCUT2D eigenvalue weighted by atomic mass is 10.2. The van der Waals surface area contributed by atoms with Crippen molar-refractivity contribution in [2.45, 2.75) is 20.1 Å². The van der Waals surface area contributed by atoms with Gasteiger partial charge in [-0.05, 0) is 24.6 Å². The standard InChI is InChI=1S/C12H16N4O/c1-9-14-15-12(16(9)2)8-17-11-5-3-10(7-13)4-6-11/h3-6H,7-8,13H2,1-2H3. The summed E-state index contributed by atoms with van der Waals surface area (Å²) in [5, 5.41) is 8.00. The van der Waals surface area contributed by atoms with E-state index in [0.717, 1.165) is 23.0 Å². The van der Waals surface area contributed by atoms with Gasteiger partial charge in [0.15, 0.2) is 5.82 Å². The zero-order valence-corrected chi connectivity index (χ0v) is 10.1. The number of ether oxygens (including phenoxy) is 1. The third-order valence-corrected chi connectivity index (χ3v) is 2.71. The van der Waals surface area contributed by atoms with Crippen molar-refractivity contribution in [1.82, 2.24) is 14.8 Å². The summed E-state index contributed by atoms with van der Waals surface area (Å²) in [6.07, 6.45) is 0. The predicted molar refractivity (Wildman–Crippen MR) is 64.4 cm³/mol. The van der Waals surface area contributed by atoms with E-state index in [0.29, 0.717) is 13.2 Å². The highest BCUT2D eigenvalue weighted by Crippen LogP contribution is 2.13. The molecule has 0 saturated heterocycles. The molecular weight excluding hydrogens is 216 g/mol. The summed E-state index contributed by atoms with van der Waals surface area (Å²) in [6, 6.07) is 7.73. The van der Waals surface area contributed by atoms with Crippen molar-refractivity contribution in [3.05, 3.63) is 41.5 Å². The lowest BCUT2D eigenvalue weighted by molar-refractivity contribution is 0.291. The van der Waals surface area contributed by atoms with E-state index in [1.54, 1.807) is 0 Å². The number of nitrogens with two attached hydrogens (primary N) is 1. The summed E-state index contributed by atoms with van der Waals surface area (Å²) < 4.78 is 7.53. The number of nitrogens with zero attached hydrogens (tertiary/aromatic N) is 3. The molecule has 0 bridgehead atoms. The van der Waals surface area contributed by atoms with Crippen LogP contribution in [0.15, 0.2) is 24.3 Å². The van der Waals surface area contributed by atoms with Crippen LogP contribution in [0, 0.1) is 6.92 Å². The molecule has 0 radical (unpaired) electrons. The second-order valence-electron chi connectivity index (χ2n) is 3.86. The number of aromatic nitrogens is 3. The van der Waals surface area contributed by atoms with Crippen molar-refractivity contribution < 1.29 is 4.74 Å². The van der Waals surface area contributed by atoms with Crippen LogP contribution in [-0.4, -0.2) is 14.8 Å². The summed E-state index contributed by atoms with van der Waals surface area (Å²) in [5.74, 6) is 2.50. The Bertz CT molecular complexity index is 490. The molecule has 0 atom stereocenters. The molecule has 2 aromatic rings. The fourth-order valence-corrected chi connectivity index (χ4v) is 1.45. The molecule has 0 saturated carbocycles. The Kier molecular flexibility index (Phi) is 3.39. The smallest absolute Gasteiger partial charge is 0.170 e. The topological polar surface area (TPSA) is 66.0 Å². The largest absolute Gasteiger partial charge is 0.486 e. The van der Waals surface area contributed by atoms with Crippen molar-refractivity contribution >= 4 is 0 Å². The van der Waals surface area contributed by atoms with E-state index >= 15 is 0 Å². The average Bonchev–Trinajstić information content (AvgIpc) is 2.68. The van der Waals surface area contributed by atoms with Gasteiger partial charge in [0.1, 0.15) is 18.2 Å². The highest BCUT2D eigenvalue weighted by molar-refractivity contribution is 5.27. The van der Waals surface area contributed by atoms with E-state index in [4.69, 9.17) is 10.5 Å². The fraction of sp³-hybridized carbons (Fsp3) is 0.333. The van der Waals surface area contributed by atoms with Gasteiger partial charge in [-0.25, -0.2) is 0 Å². The Labute approximate surface area is 100 Å². The lowest BCUT2D eigenvalue weighted by Gasteiger charge is -2.06. The summed E-state index contributed by atoms with van der Waals surface area (Å²) >= 11 is 0. The van der Waals surface area contributed by atoms with Gasteiger partial charge in [-0.1, -0.05) is 12.1 Å². The molecule has 2 rings (SSSR count). The average molecular weight is 232 g/mol. The first-order valence-corrected chi connectivity index (χ1v) is 5.47. The lowest BCUT2D eigenvalue weighted by Crippen LogP contribution is -2.04. The monoisotopic (exact) mass is 232 g/mol. The third-order valence-electron chi connectivity index (χ3n) is 2.71. The van der Waals surface area contributed by atoms with Crippen molar-refractivity contribution in [3.8, 4) is 5.75 Å². The molecular formula is C12H16N4O. The Morgan fingerprint density at radius 1 is 1.24 bits per heavy atom. The van der Waals surface area contributed by atoms with E-state index in [1.165, 1.54) is 0 Å². The van der Waals surface area contributed by atoms with Crippen LogP contribution in [-0.2, 0) is 20.2 Å².